The average molecular weight is 289 g/mol. The number of hydrogen-bond acceptors (Lipinski definition) is 5. The summed E-state index contributed by atoms with van der Waals surface area (Å²) in [6, 6.07) is 3.52. The lowest BCUT2D eigenvalue weighted by atomic mass is 10.1. The molecule has 1 aromatic heterocycles. The molecule has 1 amide bonds. The summed E-state index contributed by atoms with van der Waals surface area (Å²) in [5, 5.41) is 12.2. The predicted octanol–water partition coefficient (Wildman–Crippen LogP) is 1.86. The van der Waals surface area contributed by atoms with Crippen LogP contribution in [0.25, 0.3) is 0 Å². The molecular weight excluding hydrogens is 274 g/mol. The number of thioether (sulfide) groups is 1. The van der Waals surface area contributed by atoms with Crippen molar-refractivity contribution in [2.75, 3.05) is 12.3 Å². The Morgan fingerprint density at radius 2 is 2.30 bits per heavy atom. The number of nitrogens with one attached hydrogen (secondary N) is 1. The van der Waals surface area contributed by atoms with Crippen LogP contribution >= 0.6 is 11.8 Å². The molecule has 104 valence electrons. The van der Waals surface area contributed by atoms with Crippen LogP contribution in [0.3, 0.4) is 0 Å². The van der Waals surface area contributed by atoms with E-state index in [9.17, 15) is 9.59 Å². The summed E-state index contributed by atoms with van der Waals surface area (Å²) in [5.74, 6) is -0.130. The highest BCUT2D eigenvalue weighted by molar-refractivity contribution is 8.00. The Labute approximate surface area is 122 Å². The number of amides is 1. The van der Waals surface area contributed by atoms with E-state index in [4.69, 9.17) is 5.26 Å². The molecule has 0 bridgehead atoms. The fourth-order valence-electron chi connectivity index (χ4n) is 1.50. The Hall–Kier alpha value is -2.13. The summed E-state index contributed by atoms with van der Waals surface area (Å²) >= 11 is 1.17. The quantitative estimate of drug-likeness (QED) is 0.491. The van der Waals surface area contributed by atoms with Crippen LogP contribution in [0.4, 0.5) is 0 Å². The minimum Gasteiger partial charge on any atom is -0.352 e. The number of aryl methyl sites for hydroxylation is 1. The van der Waals surface area contributed by atoms with Crippen molar-refractivity contribution in [3.63, 3.8) is 0 Å². The smallest absolute Gasteiger partial charge is 0.230 e. The largest absolute Gasteiger partial charge is 0.352 e. The van der Waals surface area contributed by atoms with Crippen LogP contribution in [0.2, 0.25) is 0 Å². The molecule has 1 N–H and O–H groups in total. The first-order chi connectivity index (χ1) is 9.49. The number of nitrogens with zero attached hydrogens (tertiary/aromatic N) is 2. The summed E-state index contributed by atoms with van der Waals surface area (Å²) in [6.45, 7) is 7.05. The average Bonchev–Trinajstić information content (AvgIpc) is 2.42. The van der Waals surface area contributed by atoms with Crippen LogP contribution in [0.15, 0.2) is 23.7 Å². The molecule has 0 aliphatic rings. The zero-order valence-corrected chi connectivity index (χ0v) is 12.2. The highest BCUT2D eigenvalue weighted by atomic mass is 32.2. The maximum absolute atomic E-state index is 11.5. The second-order valence-corrected chi connectivity index (χ2v) is 4.99. The van der Waals surface area contributed by atoms with Crippen molar-refractivity contribution in [2.45, 2.75) is 18.9 Å². The van der Waals surface area contributed by atoms with E-state index in [1.165, 1.54) is 24.8 Å². The van der Waals surface area contributed by atoms with Gasteiger partial charge in [0, 0.05) is 17.8 Å². The van der Waals surface area contributed by atoms with Crippen molar-refractivity contribution in [1.29, 1.82) is 5.26 Å². The van der Waals surface area contributed by atoms with Gasteiger partial charge >= 0.3 is 0 Å². The van der Waals surface area contributed by atoms with Crippen molar-refractivity contribution in [3.05, 3.63) is 35.5 Å². The number of aromatic nitrogens is 1. The highest BCUT2D eigenvalue weighted by Crippen LogP contribution is 2.22. The standard InChI is InChI=1S/C14H15N3O2S/c1-4-5-16-13(19)8-20-14-11(7-15)6-12(10(3)18)9(2)17-14/h4,6H,1,5,8H2,2-3H3,(H,16,19). The predicted molar refractivity (Wildman–Crippen MR) is 77.6 cm³/mol. The molecule has 0 saturated carbocycles. The number of carbonyl (C=O) groups is 2. The Kier molecular flexibility index (Phi) is 5.94. The summed E-state index contributed by atoms with van der Waals surface area (Å²) < 4.78 is 0. The highest BCUT2D eigenvalue weighted by Gasteiger charge is 2.13. The Balaban J connectivity index is 2.88. The maximum Gasteiger partial charge on any atom is 0.230 e. The van der Waals surface area contributed by atoms with E-state index in [0.717, 1.165) is 0 Å². The summed E-state index contributed by atoms with van der Waals surface area (Å²) in [6.07, 6.45) is 1.59. The van der Waals surface area contributed by atoms with Crippen molar-refractivity contribution in [3.8, 4) is 6.07 Å². The summed E-state index contributed by atoms with van der Waals surface area (Å²) in [7, 11) is 0. The molecule has 6 heteroatoms. The topological polar surface area (TPSA) is 82.8 Å². The van der Waals surface area contributed by atoms with E-state index in [0.29, 0.717) is 28.4 Å². The van der Waals surface area contributed by atoms with Gasteiger partial charge in [0.05, 0.1) is 11.3 Å². The molecule has 0 radical (unpaired) electrons. The van der Waals surface area contributed by atoms with Gasteiger partial charge in [-0.15, -0.1) is 6.58 Å². The van der Waals surface area contributed by atoms with Crippen molar-refractivity contribution in [2.24, 2.45) is 0 Å². The van der Waals surface area contributed by atoms with Crippen LogP contribution in [0.1, 0.15) is 28.5 Å². The molecule has 0 aromatic carbocycles. The number of ketones is 1. The molecular formula is C14H15N3O2S. The molecule has 1 aromatic rings. The van der Waals surface area contributed by atoms with Gasteiger partial charge in [-0.1, -0.05) is 17.8 Å². The van der Waals surface area contributed by atoms with Gasteiger partial charge in [0.2, 0.25) is 5.91 Å². The number of pyridine rings is 1. The lowest BCUT2D eigenvalue weighted by molar-refractivity contribution is -0.118. The monoisotopic (exact) mass is 289 g/mol. The van der Waals surface area contributed by atoms with Crippen molar-refractivity contribution >= 4 is 23.5 Å². The van der Waals surface area contributed by atoms with Crippen molar-refractivity contribution < 1.29 is 9.59 Å². The first-order valence-electron chi connectivity index (χ1n) is 5.92. The van der Waals surface area contributed by atoms with E-state index in [1.807, 2.05) is 6.07 Å². The summed E-state index contributed by atoms with van der Waals surface area (Å²) in [4.78, 5) is 27.1. The Morgan fingerprint density at radius 1 is 1.60 bits per heavy atom. The number of hydrogen-bond donors (Lipinski definition) is 1. The first kappa shape index (κ1) is 15.9. The molecule has 0 aliphatic heterocycles. The third kappa shape index (κ3) is 4.21. The molecule has 0 saturated heterocycles. The van der Waals surface area contributed by atoms with Crippen LogP contribution in [-0.2, 0) is 4.79 Å². The van der Waals surface area contributed by atoms with E-state index < -0.39 is 0 Å². The molecule has 20 heavy (non-hydrogen) atoms. The first-order valence-corrected chi connectivity index (χ1v) is 6.91. The second kappa shape index (κ2) is 7.46. The third-order valence-corrected chi connectivity index (χ3v) is 3.45. The van der Waals surface area contributed by atoms with Crippen LogP contribution < -0.4 is 5.32 Å². The van der Waals surface area contributed by atoms with E-state index in [2.05, 4.69) is 16.9 Å². The minimum absolute atomic E-state index is 0.133. The van der Waals surface area contributed by atoms with Gasteiger partial charge < -0.3 is 5.32 Å². The van der Waals surface area contributed by atoms with Crippen LogP contribution in [-0.4, -0.2) is 29.0 Å². The molecule has 0 fully saturated rings. The van der Waals surface area contributed by atoms with E-state index in [1.54, 1.807) is 13.0 Å². The van der Waals surface area contributed by atoms with E-state index >= 15 is 0 Å². The maximum atomic E-state index is 11.5. The molecule has 0 aliphatic carbocycles. The molecule has 5 nitrogen and oxygen atoms in total. The number of carbonyl (C=O) groups excluding carboxylic acids is 2. The van der Waals surface area contributed by atoms with Gasteiger partial charge in [-0.2, -0.15) is 5.26 Å². The zero-order chi connectivity index (χ0) is 15.1. The summed E-state index contributed by atoms with van der Waals surface area (Å²) in [5.41, 5.74) is 1.30. The lowest BCUT2D eigenvalue weighted by Gasteiger charge is -2.07. The van der Waals surface area contributed by atoms with Gasteiger partial charge in [-0.3, -0.25) is 9.59 Å². The normalized spacial score (nSPS) is 9.65. The SMILES string of the molecule is C=CCNC(=O)CSc1nc(C)c(C(C)=O)cc1C#N. The van der Waals surface area contributed by atoms with Crippen molar-refractivity contribution in [1.82, 2.24) is 10.3 Å². The van der Waals surface area contributed by atoms with E-state index in [-0.39, 0.29) is 17.4 Å². The molecule has 1 heterocycles. The fraction of sp³-hybridized carbons (Fsp3) is 0.286. The molecule has 0 spiro atoms. The van der Waals surface area contributed by atoms with Gasteiger partial charge in [0.15, 0.2) is 5.78 Å². The Bertz CT molecular complexity index is 591. The Morgan fingerprint density at radius 3 is 2.85 bits per heavy atom. The zero-order valence-electron chi connectivity index (χ0n) is 11.4. The van der Waals surface area contributed by atoms with Gasteiger partial charge in [-0.25, -0.2) is 4.98 Å². The number of Topliss-reactive ketones (excluding diaryl/α,β-unsaturated/α-hetero) is 1. The minimum atomic E-state index is -0.158. The van der Waals surface area contributed by atoms with Gasteiger partial charge in [-0.05, 0) is 19.9 Å². The fourth-order valence-corrected chi connectivity index (χ4v) is 2.33. The van der Waals surface area contributed by atoms with Crippen LogP contribution in [0, 0.1) is 18.3 Å². The number of nitriles is 1. The van der Waals surface area contributed by atoms with Crippen LogP contribution in [0.5, 0.6) is 0 Å². The molecule has 1 rings (SSSR count). The molecule has 0 unspecified atom stereocenters. The second-order valence-electron chi connectivity index (χ2n) is 4.02. The van der Waals surface area contributed by atoms with Gasteiger partial charge in [0.1, 0.15) is 11.1 Å². The van der Waals surface area contributed by atoms with Gasteiger partial charge in [0.25, 0.3) is 0 Å². The lowest BCUT2D eigenvalue weighted by Crippen LogP contribution is -2.25. The molecule has 0 atom stereocenters. The number of rotatable bonds is 6. The third-order valence-electron chi connectivity index (χ3n) is 2.46.